The van der Waals surface area contributed by atoms with E-state index in [1.54, 1.807) is 0 Å². The topological polar surface area (TPSA) is 24.5 Å². The van der Waals surface area contributed by atoms with Crippen molar-refractivity contribution in [2.45, 2.75) is 64.8 Å². The SMILES string of the molecule is CCCNCC1(CN2CCCCCC2C)CCCOC1. The molecule has 2 saturated heterocycles. The number of nitrogens with one attached hydrogen (secondary N) is 1. The van der Waals surface area contributed by atoms with E-state index in [9.17, 15) is 0 Å². The van der Waals surface area contributed by atoms with Crippen LogP contribution in [0.1, 0.15) is 58.8 Å². The van der Waals surface area contributed by atoms with Gasteiger partial charge in [-0.15, -0.1) is 0 Å². The molecule has 118 valence electrons. The summed E-state index contributed by atoms with van der Waals surface area (Å²) in [7, 11) is 0. The van der Waals surface area contributed by atoms with Gasteiger partial charge < -0.3 is 10.1 Å². The van der Waals surface area contributed by atoms with Gasteiger partial charge >= 0.3 is 0 Å². The molecule has 2 unspecified atom stereocenters. The van der Waals surface area contributed by atoms with E-state index in [1.807, 2.05) is 0 Å². The second-order valence-electron chi connectivity index (χ2n) is 7.00. The Balaban J connectivity index is 1.94. The molecular weight excluding hydrogens is 248 g/mol. The predicted octanol–water partition coefficient (Wildman–Crippen LogP) is 3.05. The van der Waals surface area contributed by atoms with Crippen LogP contribution in [0.15, 0.2) is 0 Å². The maximum Gasteiger partial charge on any atom is 0.0546 e. The molecule has 2 aliphatic rings. The molecule has 0 aliphatic carbocycles. The van der Waals surface area contributed by atoms with Crippen molar-refractivity contribution in [2.75, 3.05) is 39.4 Å². The van der Waals surface area contributed by atoms with Crippen LogP contribution in [0.3, 0.4) is 0 Å². The summed E-state index contributed by atoms with van der Waals surface area (Å²) in [5.41, 5.74) is 0.353. The van der Waals surface area contributed by atoms with E-state index in [-0.39, 0.29) is 0 Å². The second-order valence-corrected chi connectivity index (χ2v) is 7.00. The first-order valence-corrected chi connectivity index (χ1v) is 8.78. The molecule has 3 heteroatoms. The largest absolute Gasteiger partial charge is 0.381 e. The number of likely N-dealkylation sites (tertiary alicyclic amines) is 1. The van der Waals surface area contributed by atoms with Crippen molar-refractivity contribution >= 4 is 0 Å². The zero-order chi connectivity index (χ0) is 14.3. The molecule has 2 heterocycles. The number of nitrogens with zero attached hydrogens (tertiary/aromatic N) is 1. The highest BCUT2D eigenvalue weighted by Crippen LogP contribution is 2.31. The number of ether oxygens (including phenoxy) is 1. The highest BCUT2D eigenvalue weighted by Gasteiger charge is 2.35. The average molecular weight is 282 g/mol. The molecule has 0 aromatic carbocycles. The summed E-state index contributed by atoms with van der Waals surface area (Å²) in [6, 6.07) is 0.752. The highest BCUT2D eigenvalue weighted by molar-refractivity contribution is 4.89. The molecule has 0 bridgehead atoms. The van der Waals surface area contributed by atoms with Gasteiger partial charge in [-0.05, 0) is 52.1 Å². The number of hydrogen-bond donors (Lipinski definition) is 1. The Morgan fingerprint density at radius 3 is 2.90 bits per heavy atom. The minimum Gasteiger partial charge on any atom is -0.381 e. The first-order valence-electron chi connectivity index (χ1n) is 8.78. The Hall–Kier alpha value is -0.120. The Kier molecular flexibility index (Phi) is 6.79. The van der Waals surface area contributed by atoms with E-state index >= 15 is 0 Å². The van der Waals surface area contributed by atoms with Gasteiger partial charge in [0, 0.05) is 31.2 Å². The van der Waals surface area contributed by atoms with Crippen LogP contribution >= 0.6 is 0 Å². The third-order valence-corrected chi connectivity index (χ3v) is 5.06. The van der Waals surface area contributed by atoms with Crippen LogP contribution in [0.2, 0.25) is 0 Å². The van der Waals surface area contributed by atoms with Gasteiger partial charge in [0.1, 0.15) is 0 Å². The molecule has 3 nitrogen and oxygen atoms in total. The number of hydrogen-bond acceptors (Lipinski definition) is 3. The van der Waals surface area contributed by atoms with E-state index in [0.29, 0.717) is 5.41 Å². The third-order valence-electron chi connectivity index (χ3n) is 5.06. The van der Waals surface area contributed by atoms with Gasteiger partial charge in [-0.25, -0.2) is 0 Å². The summed E-state index contributed by atoms with van der Waals surface area (Å²) in [6.45, 7) is 11.4. The fraction of sp³-hybridized carbons (Fsp3) is 1.00. The zero-order valence-corrected chi connectivity index (χ0v) is 13.6. The van der Waals surface area contributed by atoms with Gasteiger partial charge in [0.05, 0.1) is 6.61 Å². The quantitative estimate of drug-likeness (QED) is 0.758. The van der Waals surface area contributed by atoms with Gasteiger partial charge in [-0.3, -0.25) is 4.90 Å². The van der Waals surface area contributed by atoms with E-state index in [1.165, 1.54) is 58.0 Å². The molecule has 2 aliphatic heterocycles. The van der Waals surface area contributed by atoms with Crippen molar-refractivity contribution in [1.29, 1.82) is 0 Å². The van der Waals surface area contributed by atoms with Gasteiger partial charge in [0.15, 0.2) is 0 Å². The molecule has 0 radical (unpaired) electrons. The molecule has 2 fully saturated rings. The summed E-state index contributed by atoms with van der Waals surface area (Å²) in [5, 5.41) is 3.66. The summed E-state index contributed by atoms with van der Waals surface area (Å²) in [6.07, 6.45) is 9.36. The molecule has 0 aromatic rings. The van der Waals surface area contributed by atoms with Crippen molar-refractivity contribution in [3.8, 4) is 0 Å². The van der Waals surface area contributed by atoms with Crippen molar-refractivity contribution in [2.24, 2.45) is 5.41 Å². The molecule has 1 N–H and O–H groups in total. The first-order chi connectivity index (χ1) is 9.76. The van der Waals surface area contributed by atoms with Gasteiger partial charge in [-0.1, -0.05) is 19.8 Å². The molecule has 0 amide bonds. The van der Waals surface area contributed by atoms with Crippen LogP contribution < -0.4 is 5.32 Å². The van der Waals surface area contributed by atoms with Crippen molar-refractivity contribution in [1.82, 2.24) is 10.2 Å². The van der Waals surface area contributed by atoms with Crippen LogP contribution in [-0.4, -0.2) is 50.3 Å². The monoisotopic (exact) mass is 282 g/mol. The predicted molar refractivity (Wildman–Crippen MR) is 85.1 cm³/mol. The Bertz CT molecular complexity index is 264. The zero-order valence-electron chi connectivity index (χ0n) is 13.6. The van der Waals surface area contributed by atoms with Crippen molar-refractivity contribution in [3.05, 3.63) is 0 Å². The van der Waals surface area contributed by atoms with Crippen molar-refractivity contribution < 1.29 is 4.74 Å². The van der Waals surface area contributed by atoms with E-state index in [2.05, 4.69) is 24.1 Å². The fourth-order valence-corrected chi connectivity index (χ4v) is 3.76. The standard InChI is InChI=1S/C17H34N2O/c1-3-10-18-13-17(9-7-12-20-15-17)14-19-11-6-4-5-8-16(19)2/h16,18H,3-15H2,1-2H3. The fourth-order valence-electron chi connectivity index (χ4n) is 3.76. The first kappa shape index (κ1) is 16.3. The summed E-state index contributed by atoms with van der Waals surface area (Å²) >= 11 is 0. The van der Waals surface area contributed by atoms with Crippen LogP contribution in [0.5, 0.6) is 0 Å². The minimum absolute atomic E-state index is 0.353. The normalized spacial score (nSPS) is 33.0. The smallest absolute Gasteiger partial charge is 0.0546 e. The molecule has 0 spiro atoms. The lowest BCUT2D eigenvalue weighted by atomic mass is 9.81. The van der Waals surface area contributed by atoms with E-state index in [0.717, 1.165) is 32.3 Å². The molecule has 2 rings (SSSR count). The van der Waals surface area contributed by atoms with Crippen LogP contribution in [-0.2, 0) is 4.74 Å². The molecule has 2 atom stereocenters. The molecule has 0 saturated carbocycles. The number of rotatable bonds is 6. The Morgan fingerprint density at radius 1 is 1.25 bits per heavy atom. The second kappa shape index (κ2) is 8.35. The highest BCUT2D eigenvalue weighted by atomic mass is 16.5. The maximum atomic E-state index is 5.86. The van der Waals surface area contributed by atoms with Crippen molar-refractivity contribution in [3.63, 3.8) is 0 Å². The van der Waals surface area contributed by atoms with Crippen LogP contribution in [0.4, 0.5) is 0 Å². The van der Waals surface area contributed by atoms with Gasteiger partial charge in [0.25, 0.3) is 0 Å². The molecule has 0 aromatic heterocycles. The average Bonchev–Trinajstić information content (AvgIpc) is 2.66. The lowest BCUT2D eigenvalue weighted by Crippen LogP contribution is -2.51. The van der Waals surface area contributed by atoms with Gasteiger partial charge in [-0.2, -0.15) is 0 Å². The maximum absolute atomic E-state index is 5.86. The summed E-state index contributed by atoms with van der Waals surface area (Å²) < 4.78 is 5.86. The lowest BCUT2D eigenvalue weighted by molar-refractivity contribution is -0.0313. The van der Waals surface area contributed by atoms with E-state index in [4.69, 9.17) is 4.74 Å². The van der Waals surface area contributed by atoms with Crippen LogP contribution in [0, 0.1) is 5.41 Å². The molecular formula is C17H34N2O. The Morgan fingerprint density at radius 2 is 2.15 bits per heavy atom. The van der Waals surface area contributed by atoms with E-state index < -0.39 is 0 Å². The minimum atomic E-state index is 0.353. The Labute approximate surface area is 125 Å². The van der Waals surface area contributed by atoms with Crippen LogP contribution in [0.25, 0.3) is 0 Å². The molecule has 20 heavy (non-hydrogen) atoms. The lowest BCUT2D eigenvalue weighted by Gasteiger charge is -2.42. The van der Waals surface area contributed by atoms with Gasteiger partial charge in [0.2, 0.25) is 0 Å². The third kappa shape index (κ3) is 4.71. The summed E-state index contributed by atoms with van der Waals surface area (Å²) in [5.74, 6) is 0. The summed E-state index contributed by atoms with van der Waals surface area (Å²) in [4.78, 5) is 2.75.